The van der Waals surface area contributed by atoms with Crippen molar-refractivity contribution in [3.63, 3.8) is 0 Å². The van der Waals surface area contributed by atoms with Crippen LogP contribution in [0.5, 0.6) is 0 Å². The maximum Gasteiger partial charge on any atom is 0.303 e. The maximum absolute atomic E-state index is 10.1. The largest absolute Gasteiger partial charge is 0.481 e. The molecule has 0 aromatic heterocycles. The third kappa shape index (κ3) is 31.1. The van der Waals surface area contributed by atoms with Crippen molar-refractivity contribution in [2.24, 2.45) is 0 Å². The van der Waals surface area contributed by atoms with Crippen LogP contribution in [0.3, 0.4) is 0 Å². The summed E-state index contributed by atoms with van der Waals surface area (Å²) >= 11 is 0. The molecule has 1 N–H and O–H groups in total. The number of carbonyl (C=O) groups is 1. The molecule has 0 aliphatic carbocycles. The van der Waals surface area contributed by atoms with Crippen LogP contribution in [0.1, 0.15) is 71.6 Å². The fourth-order valence-electron chi connectivity index (χ4n) is 2.06. The Balaban J connectivity index is 0. The second-order valence-corrected chi connectivity index (χ2v) is 6.09. The van der Waals surface area contributed by atoms with Crippen LogP contribution in [-0.2, 0) is 23.7 Å². The summed E-state index contributed by atoms with van der Waals surface area (Å²) in [7, 11) is 1.66. The van der Waals surface area contributed by atoms with E-state index in [4.69, 9.17) is 24.1 Å². The van der Waals surface area contributed by atoms with E-state index < -0.39 is 5.97 Å². The molecule has 6 nitrogen and oxygen atoms in total. The topological polar surface area (TPSA) is 74.2 Å². The first-order valence-corrected chi connectivity index (χ1v) is 10.1. The number of ether oxygens (including phenoxy) is 4. The summed E-state index contributed by atoms with van der Waals surface area (Å²) in [4.78, 5) is 10.1. The summed E-state index contributed by atoms with van der Waals surface area (Å²) in [6.07, 6.45) is 9.70. The van der Waals surface area contributed by atoms with Gasteiger partial charge in [0.05, 0.1) is 39.6 Å². The van der Waals surface area contributed by atoms with Gasteiger partial charge in [-0.25, -0.2) is 0 Å². The van der Waals surface area contributed by atoms with Crippen LogP contribution in [-0.4, -0.2) is 64.4 Å². The van der Waals surface area contributed by atoms with Crippen LogP contribution < -0.4 is 0 Å². The first kappa shape index (κ1) is 27.5. The third-order valence-electron chi connectivity index (χ3n) is 3.52. The van der Waals surface area contributed by atoms with Crippen molar-refractivity contribution in [3.8, 4) is 0 Å². The number of methoxy groups -OCH3 is 1. The average Bonchev–Trinajstić information content (AvgIpc) is 2.63. The third-order valence-corrected chi connectivity index (χ3v) is 3.52. The van der Waals surface area contributed by atoms with Gasteiger partial charge < -0.3 is 24.1 Å². The Hall–Kier alpha value is -0.690. The molecule has 26 heavy (non-hydrogen) atoms. The van der Waals surface area contributed by atoms with Gasteiger partial charge in [0.15, 0.2) is 0 Å². The zero-order valence-electron chi connectivity index (χ0n) is 17.3. The van der Waals surface area contributed by atoms with Crippen LogP contribution in [0, 0.1) is 0 Å². The zero-order valence-corrected chi connectivity index (χ0v) is 17.3. The van der Waals surface area contributed by atoms with Gasteiger partial charge in [0, 0.05) is 20.1 Å². The van der Waals surface area contributed by atoms with Crippen LogP contribution >= 0.6 is 0 Å². The quantitative estimate of drug-likeness (QED) is 0.338. The highest BCUT2D eigenvalue weighted by Crippen LogP contribution is 2.07. The monoisotopic (exact) mass is 378 g/mol. The number of rotatable bonds is 19. The molecule has 0 atom stereocenters. The number of hydrogen-bond donors (Lipinski definition) is 1. The molecule has 0 saturated heterocycles. The SMILES string of the molecule is CCCCCCCCCC(=O)O.CCCOCCOCCOCCOC. The molecule has 0 unspecified atom stereocenters. The highest BCUT2D eigenvalue weighted by atomic mass is 16.6. The molecule has 0 aliphatic rings. The predicted molar refractivity (Wildman–Crippen MR) is 105 cm³/mol. The fourth-order valence-corrected chi connectivity index (χ4v) is 2.06. The Morgan fingerprint density at radius 2 is 1.12 bits per heavy atom. The van der Waals surface area contributed by atoms with E-state index in [1.165, 1.54) is 32.1 Å². The van der Waals surface area contributed by atoms with E-state index in [0.717, 1.165) is 25.9 Å². The summed E-state index contributed by atoms with van der Waals surface area (Å²) in [5, 5.41) is 8.35. The minimum absolute atomic E-state index is 0.341. The van der Waals surface area contributed by atoms with E-state index in [2.05, 4.69) is 13.8 Å². The number of unbranched alkanes of at least 4 members (excludes halogenated alkanes) is 6. The molecule has 0 amide bonds. The smallest absolute Gasteiger partial charge is 0.303 e. The van der Waals surface area contributed by atoms with E-state index in [1.54, 1.807) is 7.11 Å². The van der Waals surface area contributed by atoms with Gasteiger partial charge in [-0.05, 0) is 12.8 Å². The highest BCUT2D eigenvalue weighted by molar-refractivity contribution is 5.66. The molecule has 0 bridgehead atoms. The predicted octanol–water partition coefficient (Wildman–Crippen LogP) is 4.30. The van der Waals surface area contributed by atoms with Crippen LogP contribution in [0.15, 0.2) is 0 Å². The van der Waals surface area contributed by atoms with Gasteiger partial charge >= 0.3 is 5.97 Å². The molecule has 0 aromatic carbocycles. The molecular weight excluding hydrogens is 336 g/mol. The Morgan fingerprint density at radius 3 is 1.58 bits per heavy atom. The molecule has 0 saturated carbocycles. The molecule has 0 heterocycles. The number of carboxylic acid groups (broad SMARTS) is 1. The lowest BCUT2D eigenvalue weighted by Crippen LogP contribution is -2.11. The molecular formula is C20H42O6. The zero-order chi connectivity index (χ0) is 19.7. The van der Waals surface area contributed by atoms with Gasteiger partial charge in [0.2, 0.25) is 0 Å². The number of aliphatic carboxylic acids is 1. The van der Waals surface area contributed by atoms with E-state index in [1.807, 2.05) is 0 Å². The molecule has 0 spiro atoms. The lowest BCUT2D eigenvalue weighted by Gasteiger charge is -2.05. The number of hydrogen-bond acceptors (Lipinski definition) is 5. The summed E-state index contributed by atoms with van der Waals surface area (Å²) in [5.41, 5.74) is 0. The second-order valence-electron chi connectivity index (χ2n) is 6.09. The molecule has 0 radical (unpaired) electrons. The fraction of sp³-hybridized carbons (Fsp3) is 0.950. The molecule has 0 rings (SSSR count). The van der Waals surface area contributed by atoms with Gasteiger partial charge in [0.25, 0.3) is 0 Å². The first-order valence-electron chi connectivity index (χ1n) is 10.1. The van der Waals surface area contributed by atoms with E-state index in [0.29, 0.717) is 46.1 Å². The van der Waals surface area contributed by atoms with Crippen molar-refractivity contribution in [2.45, 2.75) is 71.6 Å². The van der Waals surface area contributed by atoms with Crippen LogP contribution in [0.25, 0.3) is 0 Å². The van der Waals surface area contributed by atoms with Crippen LogP contribution in [0.4, 0.5) is 0 Å². The standard InChI is InChI=1S/C10H22O4.C10H20O2/c1-3-4-12-7-8-14-10-9-13-6-5-11-2;1-2-3-4-5-6-7-8-9-10(11)12/h3-10H2,1-2H3;2-9H2,1H3,(H,11,12). The molecule has 0 fully saturated rings. The average molecular weight is 379 g/mol. The summed E-state index contributed by atoms with van der Waals surface area (Å²) in [6, 6.07) is 0. The minimum atomic E-state index is -0.663. The van der Waals surface area contributed by atoms with Crippen molar-refractivity contribution in [1.82, 2.24) is 0 Å². The van der Waals surface area contributed by atoms with Crippen molar-refractivity contribution < 1.29 is 28.8 Å². The maximum atomic E-state index is 10.1. The molecule has 0 aliphatic heterocycles. The van der Waals surface area contributed by atoms with E-state index >= 15 is 0 Å². The molecule has 0 aromatic rings. The Kier molecular flexibility index (Phi) is 28.1. The summed E-state index contributed by atoms with van der Waals surface area (Å²) < 4.78 is 20.6. The van der Waals surface area contributed by atoms with Crippen molar-refractivity contribution in [3.05, 3.63) is 0 Å². The van der Waals surface area contributed by atoms with Crippen LogP contribution in [0.2, 0.25) is 0 Å². The normalized spacial score (nSPS) is 10.4. The van der Waals surface area contributed by atoms with Gasteiger partial charge in [-0.15, -0.1) is 0 Å². The second kappa shape index (κ2) is 26.5. The van der Waals surface area contributed by atoms with Crippen molar-refractivity contribution in [2.75, 3.05) is 53.4 Å². The molecule has 6 heteroatoms. The first-order chi connectivity index (χ1) is 12.7. The van der Waals surface area contributed by atoms with E-state index in [-0.39, 0.29) is 0 Å². The minimum Gasteiger partial charge on any atom is -0.481 e. The van der Waals surface area contributed by atoms with Crippen molar-refractivity contribution >= 4 is 5.97 Å². The highest BCUT2D eigenvalue weighted by Gasteiger charge is 1.95. The Morgan fingerprint density at radius 1 is 0.654 bits per heavy atom. The Bertz CT molecular complexity index is 249. The molecule has 158 valence electrons. The lowest BCUT2D eigenvalue weighted by atomic mass is 10.1. The number of carboxylic acids is 1. The van der Waals surface area contributed by atoms with Gasteiger partial charge in [-0.1, -0.05) is 52.4 Å². The van der Waals surface area contributed by atoms with Gasteiger partial charge in [0.1, 0.15) is 0 Å². The summed E-state index contributed by atoms with van der Waals surface area (Å²) in [5.74, 6) is -0.663. The lowest BCUT2D eigenvalue weighted by molar-refractivity contribution is -0.137. The summed E-state index contributed by atoms with van der Waals surface area (Å²) in [6.45, 7) is 8.93. The van der Waals surface area contributed by atoms with Crippen molar-refractivity contribution in [1.29, 1.82) is 0 Å². The van der Waals surface area contributed by atoms with Gasteiger partial charge in [-0.3, -0.25) is 4.79 Å². The Labute approximate surface area is 160 Å². The van der Waals surface area contributed by atoms with Gasteiger partial charge in [-0.2, -0.15) is 0 Å². The van der Waals surface area contributed by atoms with E-state index in [9.17, 15) is 4.79 Å².